The molecule has 2 saturated heterocycles. The van der Waals surface area contributed by atoms with Gasteiger partial charge in [-0.15, -0.1) is 0 Å². The highest BCUT2D eigenvalue weighted by Crippen LogP contribution is 2.37. The fourth-order valence-electron chi connectivity index (χ4n) is 4.71. The van der Waals surface area contributed by atoms with E-state index in [0.717, 1.165) is 48.2 Å². The van der Waals surface area contributed by atoms with E-state index in [4.69, 9.17) is 4.74 Å². The van der Waals surface area contributed by atoms with Crippen molar-refractivity contribution in [3.8, 4) is 10.9 Å². The highest BCUT2D eigenvalue weighted by molar-refractivity contribution is 7.88. The zero-order chi connectivity index (χ0) is 20.7. The fourth-order valence-corrected chi connectivity index (χ4v) is 6.31. The predicted molar refractivity (Wildman–Crippen MR) is 117 cm³/mol. The molecule has 1 aromatic carbocycles. The maximum absolute atomic E-state index is 11.6. The molecule has 2 aliphatic heterocycles. The predicted octanol–water partition coefficient (Wildman–Crippen LogP) is 3.53. The second kappa shape index (κ2) is 7.88. The molecule has 2 fully saturated rings. The van der Waals surface area contributed by atoms with Gasteiger partial charge in [0.25, 0.3) is 5.19 Å². The summed E-state index contributed by atoms with van der Waals surface area (Å²) in [4.78, 5) is 11.1. The largest absolute Gasteiger partial charge is 0.431 e. The summed E-state index contributed by atoms with van der Waals surface area (Å²) in [5, 5.41) is 0.615. The molecule has 0 spiro atoms. The summed E-state index contributed by atoms with van der Waals surface area (Å²) < 4.78 is 32.9. The Labute approximate surface area is 180 Å². The molecular weight excluding hydrogens is 420 g/mol. The number of sulfonamides is 1. The van der Waals surface area contributed by atoms with Crippen LogP contribution in [0.15, 0.2) is 42.7 Å². The number of fused-ring (bicyclic) bond motifs is 3. The molecule has 7 nitrogen and oxygen atoms in total. The number of aromatic nitrogens is 2. The van der Waals surface area contributed by atoms with Crippen LogP contribution in [0.1, 0.15) is 31.2 Å². The Morgan fingerprint density at radius 3 is 2.57 bits per heavy atom. The molecule has 9 heteroatoms. The van der Waals surface area contributed by atoms with E-state index in [0.29, 0.717) is 17.3 Å². The van der Waals surface area contributed by atoms with E-state index >= 15 is 0 Å². The van der Waals surface area contributed by atoms with Crippen molar-refractivity contribution in [1.29, 1.82) is 0 Å². The molecule has 5 rings (SSSR count). The Morgan fingerprint density at radius 1 is 1.17 bits per heavy atom. The Kier molecular flexibility index (Phi) is 5.22. The number of hydrogen-bond donors (Lipinski definition) is 1. The van der Waals surface area contributed by atoms with E-state index in [9.17, 15) is 8.42 Å². The number of thiazole rings is 1. The van der Waals surface area contributed by atoms with Gasteiger partial charge in [-0.1, -0.05) is 23.5 Å². The van der Waals surface area contributed by atoms with Gasteiger partial charge in [0.05, 0.1) is 16.5 Å². The molecule has 2 aromatic heterocycles. The molecule has 3 atom stereocenters. The van der Waals surface area contributed by atoms with Crippen LogP contribution in [0.25, 0.3) is 10.2 Å². The SMILES string of the molecule is CS(=O)(=O)N[C@@H]1C[C@H]2CC[C@@H](C1)N2Cc1ccc(Oc2nc3ccncc3s2)cc1. The first-order chi connectivity index (χ1) is 14.4. The minimum absolute atomic E-state index is 0.0635. The average molecular weight is 445 g/mol. The summed E-state index contributed by atoms with van der Waals surface area (Å²) in [6, 6.07) is 11.0. The van der Waals surface area contributed by atoms with Crippen LogP contribution < -0.4 is 9.46 Å². The minimum Gasteiger partial charge on any atom is -0.431 e. The summed E-state index contributed by atoms with van der Waals surface area (Å²) in [6.07, 6.45) is 8.82. The third kappa shape index (κ3) is 4.34. The molecule has 1 N–H and O–H groups in total. The lowest BCUT2D eigenvalue weighted by Crippen LogP contribution is -2.49. The average Bonchev–Trinajstić information content (AvgIpc) is 3.19. The lowest BCUT2D eigenvalue weighted by molar-refractivity contribution is 0.116. The third-order valence-electron chi connectivity index (χ3n) is 5.93. The molecule has 0 aliphatic carbocycles. The van der Waals surface area contributed by atoms with Crippen molar-refractivity contribution in [3.63, 3.8) is 0 Å². The number of benzene rings is 1. The van der Waals surface area contributed by atoms with Gasteiger partial charge in [0.15, 0.2) is 0 Å². The molecule has 0 saturated carbocycles. The Balaban J connectivity index is 1.22. The molecular formula is C21H24N4O3S2. The van der Waals surface area contributed by atoms with Crippen molar-refractivity contribution >= 4 is 31.6 Å². The summed E-state index contributed by atoms with van der Waals surface area (Å²) in [5.74, 6) is 0.768. The Morgan fingerprint density at radius 2 is 1.90 bits per heavy atom. The highest BCUT2D eigenvalue weighted by atomic mass is 32.2. The van der Waals surface area contributed by atoms with Gasteiger partial charge in [-0.05, 0) is 49.4 Å². The summed E-state index contributed by atoms with van der Waals surface area (Å²) in [6.45, 7) is 0.883. The van der Waals surface area contributed by atoms with Crippen molar-refractivity contribution in [1.82, 2.24) is 19.6 Å². The molecule has 0 amide bonds. The van der Waals surface area contributed by atoms with Crippen molar-refractivity contribution < 1.29 is 13.2 Å². The number of pyridine rings is 1. The molecule has 3 aromatic rings. The van der Waals surface area contributed by atoms with Crippen LogP contribution in [-0.2, 0) is 16.6 Å². The first kappa shape index (κ1) is 19.9. The lowest BCUT2D eigenvalue weighted by Gasteiger charge is -2.39. The number of nitrogens with zero attached hydrogens (tertiary/aromatic N) is 3. The van der Waals surface area contributed by atoms with Gasteiger partial charge in [0.2, 0.25) is 10.0 Å². The van der Waals surface area contributed by atoms with Crippen LogP contribution in [-0.4, -0.2) is 47.7 Å². The van der Waals surface area contributed by atoms with Crippen LogP contribution in [0.3, 0.4) is 0 Å². The minimum atomic E-state index is -3.15. The van der Waals surface area contributed by atoms with Gasteiger partial charge < -0.3 is 4.74 Å². The van der Waals surface area contributed by atoms with Gasteiger partial charge in [0.1, 0.15) is 5.75 Å². The van der Waals surface area contributed by atoms with Crippen LogP contribution in [0.2, 0.25) is 0 Å². The lowest BCUT2D eigenvalue weighted by atomic mass is 9.97. The summed E-state index contributed by atoms with van der Waals surface area (Å²) >= 11 is 1.48. The molecule has 2 bridgehead atoms. The molecule has 4 heterocycles. The van der Waals surface area contributed by atoms with Gasteiger partial charge >= 0.3 is 0 Å². The maximum Gasteiger partial charge on any atom is 0.279 e. The van der Waals surface area contributed by atoms with Crippen LogP contribution in [0.5, 0.6) is 10.9 Å². The van der Waals surface area contributed by atoms with E-state index in [-0.39, 0.29) is 6.04 Å². The second-order valence-corrected chi connectivity index (χ2v) is 11.0. The molecule has 2 aliphatic rings. The van der Waals surface area contributed by atoms with Crippen molar-refractivity contribution in [2.45, 2.75) is 50.4 Å². The van der Waals surface area contributed by atoms with Crippen LogP contribution in [0, 0.1) is 0 Å². The van der Waals surface area contributed by atoms with Crippen molar-refractivity contribution in [2.24, 2.45) is 0 Å². The molecule has 0 radical (unpaired) electrons. The van der Waals surface area contributed by atoms with E-state index in [1.165, 1.54) is 23.2 Å². The molecule has 158 valence electrons. The first-order valence-electron chi connectivity index (χ1n) is 10.1. The summed E-state index contributed by atoms with van der Waals surface area (Å²) in [7, 11) is -3.15. The highest BCUT2D eigenvalue weighted by Gasteiger charge is 2.41. The standard InChI is InChI=1S/C21H24N4O3S2/c1-30(26,27)24-15-10-16-4-5-17(11-15)25(16)13-14-2-6-18(7-3-14)28-21-23-19-8-9-22-12-20(19)29-21/h2-3,6-9,12,15-17,24H,4-5,10-11,13H2,1H3/t15-,16-,17+. The van der Waals surface area contributed by atoms with Crippen LogP contribution >= 0.6 is 11.3 Å². The second-order valence-electron chi connectivity index (χ2n) is 8.18. The van der Waals surface area contributed by atoms with Crippen molar-refractivity contribution in [2.75, 3.05) is 6.26 Å². The quantitative estimate of drug-likeness (QED) is 0.626. The van der Waals surface area contributed by atoms with E-state index in [1.807, 2.05) is 18.2 Å². The monoisotopic (exact) mass is 444 g/mol. The number of piperidine rings is 1. The van der Waals surface area contributed by atoms with Gasteiger partial charge in [-0.25, -0.2) is 18.1 Å². The Bertz CT molecular complexity index is 1100. The van der Waals surface area contributed by atoms with Crippen LogP contribution in [0.4, 0.5) is 0 Å². The molecule has 30 heavy (non-hydrogen) atoms. The van der Waals surface area contributed by atoms with E-state index < -0.39 is 10.0 Å². The normalized spacial score (nSPS) is 24.4. The summed E-state index contributed by atoms with van der Waals surface area (Å²) in [5.41, 5.74) is 2.13. The maximum atomic E-state index is 11.6. The smallest absolute Gasteiger partial charge is 0.279 e. The van der Waals surface area contributed by atoms with Crippen molar-refractivity contribution in [3.05, 3.63) is 48.3 Å². The third-order valence-corrected chi connectivity index (χ3v) is 7.58. The Hall–Kier alpha value is -2.07. The zero-order valence-corrected chi connectivity index (χ0v) is 18.3. The van der Waals surface area contributed by atoms with E-state index in [2.05, 4.69) is 31.7 Å². The topological polar surface area (TPSA) is 84.4 Å². The number of ether oxygens (including phenoxy) is 1. The first-order valence-corrected chi connectivity index (χ1v) is 12.8. The van der Waals surface area contributed by atoms with Gasteiger partial charge in [-0.2, -0.15) is 0 Å². The van der Waals surface area contributed by atoms with E-state index in [1.54, 1.807) is 12.4 Å². The fraction of sp³-hybridized carbons (Fsp3) is 0.429. The zero-order valence-electron chi connectivity index (χ0n) is 16.7. The number of hydrogen-bond acceptors (Lipinski definition) is 7. The van der Waals surface area contributed by atoms with Gasteiger partial charge in [0, 0.05) is 37.1 Å². The number of nitrogens with one attached hydrogen (secondary N) is 1. The van der Waals surface area contributed by atoms with Gasteiger partial charge in [-0.3, -0.25) is 9.88 Å². The number of rotatable bonds is 6. The molecule has 0 unspecified atom stereocenters.